The van der Waals surface area contributed by atoms with Gasteiger partial charge in [-0.25, -0.2) is 4.90 Å². The second kappa shape index (κ2) is 6.17. The third-order valence-corrected chi connectivity index (χ3v) is 8.04. The molecule has 3 fully saturated rings. The van der Waals surface area contributed by atoms with Gasteiger partial charge < -0.3 is 5.32 Å². The van der Waals surface area contributed by atoms with E-state index < -0.39 is 17.4 Å². The maximum absolute atomic E-state index is 13.8. The summed E-state index contributed by atoms with van der Waals surface area (Å²) >= 11 is 6.01. The highest BCUT2D eigenvalue weighted by Crippen LogP contribution is 2.61. The van der Waals surface area contributed by atoms with E-state index in [2.05, 4.69) is 10.2 Å². The van der Waals surface area contributed by atoms with Crippen LogP contribution in [0.5, 0.6) is 0 Å². The van der Waals surface area contributed by atoms with Gasteiger partial charge in [0.05, 0.1) is 17.5 Å². The first-order chi connectivity index (χ1) is 14.9. The fourth-order valence-corrected chi connectivity index (χ4v) is 6.49. The molecule has 0 aliphatic carbocycles. The summed E-state index contributed by atoms with van der Waals surface area (Å²) in [5.41, 5.74) is 3.09. The van der Waals surface area contributed by atoms with Crippen LogP contribution >= 0.6 is 11.6 Å². The van der Waals surface area contributed by atoms with E-state index in [4.69, 9.17) is 11.6 Å². The number of carbonyl (C=O) groups is 3. The molecule has 158 valence electrons. The minimum absolute atomic E-state index is 0.114. The van der Waals surface area contributed by atoms with Gasteiger partial charge in [-0.3, -0.25) is 19.3 Å². The first-order valence-corrected chi connectivity index (χ1v) is 11.1. The van der Waals surface area contributed by atoms with Crippen molar-refractivity contribution < 1.29 is 14.4 Å². The Hall–Kier alpha value is -2.70. The second-order valence-electron chi connectivity index (χ2n) is 9.05. The molecular weight excluding hydrogens is 414 g/mol. The summed E-state index contributed by atoms with van der Waals surface area (Å²) in [6.07, 6.45) is 1.72. The van der Waals surface area contributed by atoms with Gasteiger partial charge >= 0.3 is 0 Å². The van der Waals surface area contributed by atoms with Gasteiger partial charge in [0.1, 0.15) is 5.54 Å². The molecule has 4 aliphatic rings. The van der Waals surface area contributed by atoms with Gasteiger partial charge in [0.2, 0.25) is 17.7 Å². The largest absolute Gasteiger partial charge is 0.324 e. The number of halogens is 1. The molecule has 0 unspecified atom stereocenters. The van der Waals surface area contributed by atoms with E-state index in [0.29, 0.717) is 17.3 Å². The van der Waals surface area contributed by atoms with E-state index >= 15 is 0 Å². The Morgan fingerprint density at radius 2 is 1.77 bits per heavy atom. The van der Waals surface area contributed by atoms with Crippen LogP contribution < -0.4 is 10.2 Å². The third-order valence-electron chi connectivity index (χ3n) is 7.78. The normalized spacial score (nSPS) is 31.4. The molecule has 0 aromatic heterocycles. The molecule has 4 aliphatic heterocycles. The Morgan fingerprint density at radius 3 is 2.52 bits per heavy atom. The maximum atomic E-state index is 13.8. The van der Waals surface area contributed by atoms with Crippen molar-refractivity contribution in [3.63, 3.8) is 0 Å². The number of hydrogen-bond acceptors (Lipinski definition) is 4. The average Bonchev–Trinajstić information content (AvgIpc) is 3.45. The number of amides is 3. The monoisotopic (exact) mass is 435 g/mol. The van der Waals surface area contributed by atoms with Crippen molar-refractivity contribution in [2.45, 2.75) is 38.3 Å². The molecule has 0 radical (unpaired) electrons. The van der Waals surface area contributed by atoms with E-state index in [1.807, 2.05) is 26.0 Å². The molecule has 0 bridgehead atoms. The van der Waals surface area contributed by atoms with Crippen molar-refractivity contribution in [2.75, 3.05) is 16.8 Å². The first-order valence-electron chi connectivity index (χ1n) is 10.7. The molecule has 3 saturated heterocycles. The third kappa shape index (κ3) is 2.14. The topological polar surface area (TPSA) is 69.7 Å². The van der Waals surface area contributed by atoms with E-state index in [9.17, 15) is 14.4 Å². The second-order valence-corrected chi connectivity index (χ2v) is 9.48. The zero-order valence-electron chi connectivity index (χ0n) is 17.3. The fraction of sp³-hybridized carbons (Fsp3) is 0.375. The van der Waals surface area contributed by atoms with Gasteiger partial charge in [-0.05, 0) is 68.6 Å². The number of carbonyl (C=O) groups excluding carboxylic acids is 3. The fourth-order valence-electron chi connectivity index (χ4n) is 6.36. The lowest BCUT2D eigenvalue weighted by Crippen LogP contribution is -2.54. The average molecular weight is 436 g/mol. The molecule has 4 heterocycles. The van der Waals surface area contributed by atoms with Gasteiger partial charge in [0.15, 0.2) is 0 Å². The quantitative estimate of drug-likeness (QED) is 0.697. The number of benzene rings is 2. The van der Waals surface area contributed by atoms with Crippen molar-refractivity contribution >= 4 is 40.7 Å². The highest BCUT2D eigenvalue weighted by atomic mass is 35.5. The number of aryl methyl sites for hydroxylation is 1. The van der Waals surface area contributed by atoms with Crippen LogP contribution in [0.3, 0.4) is 0 Å². The summed E-state index contributed by atoms with van der Waals surface area (Å²) in [6, 6.07) is 10.6. The maximum Gasteiger partial charge on any atom is 0.250 e. The van der Waals surface area contributed by atoms with E-state index in [1.54, 1.807) is 24.3 Å². The Bertz CT molecular complexity index is 1180. The van der Waals surface area contributed by atoms with Crippen LogP contribution in [-0.2, 0) is 19.9 Å². The Labute approximate surface area is 185 Å². The summed E-state index contributed by atoms with van der Waals surface area (Å²) in [7, 11) is 0. The van der Waals surface area contributed by atoms with Crippen molar-refractivity contribution in [2.24, 2.45) is 11.8 Å². The molecule has 2 aromatic carbocycles. The molecule has 6 rings (SSSR count). The van der Waals surface area contributed by atoms with Crippen molar-refractivity contribution in [3.8, 4) is 0 Å². The summed E-state index contributed by atoms with van der Waals surface area (Å²) in [4.78, 5) is 44.6. The zero-order chi connectivity index (χ0) is 21.7. The van der Waals surface area contributed by atoms with Gasteiger partial charge in [0.25, 0.3) is 0 Å². The Balaban J connectivity index is 1.56. The molecule has 2 aromatic rings. The van der Waals surface area contributed by atoms with E-state index in [0.717, 1.165) is 35.2 Å². The molecule has 0 saturated carbocycles. The molecule has 1 N–H and O–H groups in total. The number of imide groups is 1. The lowest BCUT2D eigenvalue weighted by atomic mass is 9.75. The summed E-state index contributed by atoms with van der Waals surface area (Å²) < 4.78 is 0. The van der Waals surface area contributed by atoms with E-state index in [-0.39, 0.29) is 23.8 Å². The van der Waals surface area contributed by atoms with Crippen LogP contribution in [0.2, 0.25) is 5.02 Å². The molecule has 7 heteroatoms. The summed E-state index contributed by atoms with van der Waals surface area (Å²) in [6.45, 7) is 4.71. The number of nitrogens with one attached hydrogen (secondary N) is 1. The summed E-state index contributed by atoms with van der Waals surface area (Å²) in [5, 5.41) is 3.62. The predicted octanol–water partition coefficient (Wildman–Crippen LogP) is 3.39. The van der Waals surface area contributed by atoms with Gasteiger partial charge in [-0.2, -0.15) is 0 Å². The highest BCUT2D eigenvalue weighted by Gasteiger charge is 2.74. The van der Waals surface area contributed by atoms with Crippen LogP contribution in [0.25, 0.3) is 0 Å². The molecule has 1 spiro atoms. The van der Waals surface area contributed by atoms with Crippen LogP contribution in [0, 0.1) is 25.7 Å². The first kappa shape index (κ1) is 19.0. The minimum Gasteiger partial charge on any atom is -0.324 e. The van der Waals surface area contributed by atoms with Crippen LogP contribution in [0.4, 0.5) is 11.4 Å². The van der Waals surface area contributed by atoms with Gasteiger partial charge in [-0.1, -0.05) is 23.7 Å². The molecule has 31 heavy (non-hydrogen) atoms. The number of rotatable bonds is 1. The number of hydrogen-bond donors (Lipinski definition) is 1. The Morgan fingerprint density at radius 1 is 1.03 bits per heavy atom. The number of anilines is 2. The standard InChI is InChI=1S/C24H22ClN3O3/c1-12-5-10-16-20(13(12)2)26-23(31)24(16)19-18(17-4-3-11-27(17)24)21(29)28(22(19)30)15-8-6-14(25)7-9-15/h5-10,17-19H,3-4,11H2,1-2H3,(H,26,31)/t17-,18+,19+,24+/m1/s1. The highest BCUT2D eigenvalue weighted by molar-refractivity contribution is 6.31. The predicted molar refractivity (Wildman–Crippen MR) is 117 cm³/mol. The van der Waals surface area contributed by atoms with Crippen LogP contribution in [0.15, 0.2) is 36.4 Å². The SMILES string of the molecule is Cc1ccc2c(c1C)NC(=O)[C@@]21[C@@H]2C(=O)N(c3ccc(Cl)cc3)C(=O)[C@H]2[C@H]2CCCN21. The number of fused-ring (bicyclic) bond motifs is 7. The summed E-state index contributed by atoms with van der Waals surface area (Å²) in [5.74, 6) is -1.95. The molecule has 3 amide bonds. The lowest BCUT2D eigenvalue weighted by molar-refractivity contribution is -0.135. The van der Waals surface area contributed by atoms with Gasteiger partial charge in [-0.15, -0.1) is 0 Å². The molecular formula is C24H22ClN3O3. The van der Waals surface area contributed by atoms with Crippen molar-refractivity contribution in [1.82, 2.24) is 4.90 Å². The smallest absolute Gasteiger partial charge is 0.250 e. The van der Waals surface area contributed by atoms with E-state index in [1.165, 1.54) is 4.90 Å². The Kier molecular flexibility index (Phi) is 3.79. The van der Waals surface area contributed by atoms with Crippen LogP contribution in [0.1, 0.15) is 29.5 Å². The number of nitrogens with zero attached hydrogens (tertiary/aromatic N) is 2. The lowest BCUT2D eigenvalue weighted by Gasteiger charge is -2.36. The van der Waals surface area contributed by atoms with Crippen LogP contribution in [-0.4, -0.2) is 35.2 Å². The zero-order valence-corrected chi connectivity index (χ0v) is 18.1. The van der Waals surface area contributed by atoms with Crippen molar-refractivity contribution in [3.05, 3.63) is 58.1 Å². The molecule has 6 nitrogen and oxygen atoms in total. The molecule has 4 atom stereocenters. The van der Waals surface area contributed by atoms with Gasteiger partial charge in [0, 0.05) is 22.3 Å². The van der Waals surface area contributed by atoms with Crippen molar-refractivity contribution in [1.29, 1.82) is 0 Å². The minimum atomic E-state index is -1.13.